The fraction of sp³-hybridized carbons (Fsp3) is 1.00. The van der Waals surface area contributed by atoms with Gasteiger partial charge in [-0.25, -0.2) is 0 Å². The zero-order valence-corrected chi connectivity index (χ0v) is 8.84. The van der Waals surface area contributed by atoms with Gasteiger partial charge in [0.25, 0.3) is 0 Å². The van der Waals surface area contributed by atoms with Crippen LogP contribution in [0.5, 0.6) is 0 Å². The summed E-state index contributed by atoms with van der Waals surface area (Å²) in [7, 11) is 0. The van der Waals surface area contributed by atoms with E-state index >= 15 is 0 Å². The number of rotatable bonds is 4. The molecule has 13 heavy (non-hydrogen) atoms. The van der Waals surface area contributed by atoms with Gasteiger partial charge in [0.05, 0.1) is 12.2 Å². The predicted octanol–water partition coefficient (Wildman–Crippen LogP) is 0.901. The van der Waals surface area contributed by atoms with E-state index in [2.05, 4.69) is 0 Å². The molecule has 1 aliphatic rings. The summed E-state index contributed by atoms with van der Waals surface area (Å²) in [5.41, 5.74) is 4.57. The maximum Gasteiger partial charge on any atom is 0.103 e. The third kappa shape index (κ3) is 3.25. The Morgan fingerprint density at radius 2 is 1.92 bits per heavy atom. The normalized spacial score (nSPS) is 22.8. The third-order valence-electron chi connectivity index (χ3n) is 2.45. The molecule has 0 amide bonds. The Morgan fingerprint density at radius 1 is 1.38 bits per heavy atom. The van der Waals surface area contributed by atoms with Crippen molar-refractivity contribution in [1.29, 1.82) is 0 Å². The fourth-order valence-corrected chi connectivity index (χ4v) is 1.31. The summed E-state index contributed by atoms with van der Waals surface area (Å²) in [4.78, 5) is 0. The Kier molecular flexibility index (Phi) is 3.00. The van der Waals surface area contributed by atoms with Gasteiger partial charge in [-0.1, -0.05) is 0 Å². The van der Waals surface area contributed by atoms with E-state index in [9.17, 15) is 5.11 Å². The third-order valence-corrected chi connectivity index (χ3v) is 2.45. The molecule has 1 fully saturated rings. The van der Waals surface area contributed by atoms with Crippen molar-refractivity contribution in [3.8, 4) is 0 Å². The molecule has 0 spiro atoms. The Labute approximate surface area is 80.3 Å². The highest BCUT2D eigenvalue weighted by Gasteiger charge is 2.43. The minimum Gasteiger partial charge on any atom is -0.386 e. The van der Waals surface area contributed by atoms with Crippen molar-refractivity contribution in [1.82, 2.24) is 0 Å². The summed E-state index contributed by atoms with van der Waals surface area (Å²) in [6.45, 7) is 6.61. The highest BCUT2D eigenvalue weighted by atomic mass is 16.5. The lowest BCUT2D eigenvalue weighted by atomic mass is 9.99. The van der Waals surface area contributed by atoms with Crippen LogP contribution >= 0.6 is 0 Å². The fourth-order valence-electron chi connectivity index (χ4n) is 1.31. The van der Waals surface area contributed by atoms with E-state index in [1.807, 2.05) is 20.8 Å². The van der Waals surface area contributed by atoms with Crippen LogP contribution < -0.4 is 5.73 Å². The monoisotopic (exact) mass is 187 g/mol. The average molecular weight is 187 g/mol. The minimum absolute atomic E-state index is 0.196. The summed E-state index contributed by atoms with van der Waals surface area (Å²) in [6.07, 6.45) is 2.17. The molecule has 78 valence electrons. The quantitative estimate of drug-likeness (QED) is 0.687. The lowest BCUT2D eigenvalue weighted by Crippen LogP contribution is -2.46. The molecule has 1 aliphatic carbocycles. The highest BCUT2D eigenvalue weighted by molar-refractivity contribution is 4.95. The van der Waals surface area contributed by atoms with Crippen molar-refractivity contribution in [2.45, 2.75) is 44.8 Å². The Morgan fingerprint density at radius 3 is 2.23 bits per heavy atom. The van der Waals surface area contributed by atoms with E-state index in [1.54, 1.807) is 0 Å². The van der Waals surface area contributed by atoms with Crippen molar-refractivity contribution in [2.75, 3.05) is 13.2 Å². The summed E-state index contributed by atoms with van der Waals surface area (Å²) in [6, 6.07) is 0. The van der Waals surface area contributed by atoms with E-state index in [1.165, 1.54) is 0 Å². The number of nitrogens with two attached hydrogens (primary N) is 1. The summed E-state index contributed by atoms with van der Waals surface area (Å²) in [5.74, 6) is 0.361. The second-order valence-corrected chi connectivity index (χ2v) is 4.98. The molecular weight excluding hydrogens is 166 g/mol. The molecule has 0 aromatic rings. The SMILES string of the molecule is CC(C)(C)OCC(O)(CN)C1CC1. The van der Waals surface area contributed by atoms with Crippen LogP contribution in [-0.2, 0) is 4.74 Å². The predicted molar refractivity (Wildman–Crippen MR) is 52.4 cm³/mol. The number of aliphatic hydroxyl groups is 1. The van der Waals surface area contributed by atoms with Crippen LogP contribution in [0.25, 0.3) is 0 Å². The van der Waals surface area contributed by atoms with Gasteiger partial charge in [0.15, 0.2) is 0 Å². The van der Waals surface area contributed by atoms with Crippen LogP contribution in [-0.4, -0.2) is 29.5 Å². The van der Waals surface area contributed by atoms with E-state index in [0.29, 0.717) is 19.1 Å². The molecule has 0 aliphatic heterocycles. The molecule has 0 aromatic carbocycles. The molecule has 1 atom stereocenters. The van der Waals surface area contributed by atoms with Gasteiger partial charge in [-0.3, -0.25) is 0 Å². The lowest BCUT2D eigenvalue weighted by molar-refractivity contribution is -0.104. The van der Waals surface area contributed by atoms with Gasteiger partial charge in [0.1, 0.15) is 5.60 Å². The second-order valence-electron chi connectivity index (χ2n) is 4.98. The van der Waals surface area contributed by atoms with E-state index in [4.69, 9.17) is 10.5 Å². The average Bonchev–Trinajstić information content (AvgIpc) is 2.81. The highest BCUT2D eigenvalue weighted by Crippen LogP contribution is 2.39. The topological polar surface area (TPSA) is 55.5 Å². The molecule has 0 aromatic heterocycles. The van der Waals surface area contributed by atoms with Crippen LogP contribution in [0, 0.1) is 5.92 Å². The smallest absolute Gasteiger partial charge is 0.103 e. The van der Waals surface area contributed by atoms with Crippen molar-refractivity contribution < 1.29 is 9.84 Å². The molecule has 0 heterocycles. The maximum atomic E-state index is 10.1. The van der Waals surface area contributed by atoms with Crippen molar-refractivity contribution >= 4 is 0 Å². The Hall–Kier alpha value is -0.120. The first-order chi connectivity index (χ1) is 5.87. The zero-order valence-electron chi connectivity index (χ0n) is 8.84. The minimum atomic E-state index is -0.784. The molecule has 3 heteroatoms. The Bertz CT molecular complexity index is 172. The van der Waals surface area contributed by atoms with E-state index in [-0.39, 0.29) is 5.60 Å². The van der Waals surface area contributed by atoms with Crippen molar-refractivity contribution in [3.63, 3.8) is 0 Å². The first-order valence-corrected chi connectivity index (χ1v) is 4.94. The van der Waals surface area contributed by atoms with Crippen LogP contribution in [0.4, 0.5) is 0 Å². The van der Waals surface area contributed by atoms with Gasteiger partial charge in [-0.2, -0.15) is 0 Å². The number of hydrogen-bond acceptors (Lipinski definition) is 3. The van der Waals surface area contributed by atoms with E-state index < -0.39 is 5.60 Å². The largest absolute Gasteiger partial charge is 0.386 e. The van der Waals surface area contributed by atoms with Crippen molar-refractivity contribution in [3.05, 3.63) is 0 Å². The van der Waals surface area contributed by atoms with Gasteiger partial charge in [-0.15, -0.1) is 0 Å². The Balaban J connectivity index is 2.39. The summed E-state index contributed by atoms with van der Waals surface area (Å²) in [5, 5.41) is 10.1. The van der Waals surface area contributed by atoms with Crippen LogP contribution in [0.1, 0.15) is 33.6 Å². The van der Waals surface area contributed by atoms with Crippen LogP contribution in [0.3, 0.4) is 0 Å². The molecule has 1 rings (SSSR count). The molecule has 0 bridgehead atoms. The maximum absolute atomic E-state index is 10.1. The van der Waals surface area contributed by atoms with Gasteiger partial charge in [0, 0.05) is 6.54 Å². The summed E-state index contributed by atoms with van der Waals surface area (Å²) >= 11 is 0. The molecule has 3 nitrogen and oxygen atoms in total. The first-order valence-electron chi connectivity index (χ1n) is 4.94. The van der Waals surface area contributed by atoms with Gasteiger partial charge >= 0.3 is 0 Å². The first kappa shape index (κ1) is 11.0. The van der Waals surface area contributed by atoms with Crippen molar-refractivity contribution in [2.24, 2.45) is 11.7 Å². The molecule has 1 saturated carbocycles. The van der Waals surface area contributed by atoms with Crippen LogP contribution in [0.15, 0.2) is 0 Å². The molecule has 3 N–H and O–H groups in total. The lowest BCUT2D eigenvalue weighted by Gasteiger charge is -2.30. The number of hydrogen-bond donors (Lipinski definition) is 2. The second kappa shape index (κ2) is 3.56. The molecule has 1 unspecified atom stereocenters. The number of ether oxygens (including phenoxy) is 1. The standard InChI is InChI=1S/C10H21NO2/c1-9(2,3)13-7-10(12,6-11)8-4-5-8/h8,12H,4-7,11H2,1-3H3. The molecule has 0 saturated heterocycles. The van der Waals surface area contributed by atoms with E-state index in [0.717, 1.165) is 12.8 Å². The van der Waals surface area contributed by atoms with Gasteiger partial charge in [0.2, 0.25) is 0 Å². The van der Waals surface area contributed by atoms with Gasteiger partial charge < -0.3 is 15.6 Å². The molecular formula is C10H21NO2. The van der Waals surface area contributed by atoms with Gasteiger partial charge in [-0.05, 0) is 39.5 Å². The van der Waals surface area contributed by atoms with Crippen LogP contribution in [0.2, 0.25) is 0 Å². The zero-order chi connectivity index (χ0) is 10.1. The summed E-state index contributed by atoms with van der Waals surface area (Å²) < 4.78 is 5.56. The molecule has 0 radical (unpaired) electrons.